The predicted molar refractivity (Wildman–Crippen MR) is 94.9 cm³/mol. The Bertz CT molecular complexity index is 1030. The molecule has 26 heavy (non-hydrogen) atoms. The quantitative estimate of drug-likeness (QED) is 0.639. The van der Waals surface area contributed by atoms with Gasteiger partial charge in [-0.05, 0) is 55.0 Å². The molecule has 7 nitrogen and oxygen atoms in total. The SMILES string of the molecule is Cc1cc(S(=O)(=O)Nc2ccc(C(=O)Nc3ccn[nH]3)cc2)ccc1F. The number of anilines is 2. The maximum Gasteiger partial charge on any atom is 0.261 e. The Balaban J connectivity index is 1.74. The standard InChI is InChI=1S/C17H15FN4O3S/c1-11-10-14(6-7-15(11)18)26(24,25)22-13-4-2-12(3-5-13)17(23)20-16-8-9-19-21-16/h2-10,22H,1H3,(H2,19,20,21,23). The van der Waals surface area contributed by atoms with Crippen molar-refractivity contribution in [1.82, 2.24) is 10.2 Å². The number of H-pyrrole nitrogens is 1. The van der Waals surface area contributed by atoms with Gasteiger partial charge in [0, 0.05) is 17.3 Å². The summed E-state index contributed by atoms with van der Waals surface area (Å²) in [4.78, 5) is 12.0. The van der Waals surface area contributed by atoms with E-state index in [1.165, 1.54) is 49.5 Å². The number of hydrogen-bond acceptors (Lipinski definition) is 4. The van der Waals surface area contributed by atoms with Gasteiger partial charge in [-0.1, -0.05) is 0 Å². The summed E-state index contributed by atoms with van der Waals surface area (Å²) in [5.41, 5.74) is 0.865. The fraction of sp³-hybridized carbons (Fsp3) is 0.0588. The fourth-order valence-corrected chi connectivity index (χ4v) is 3.35. The first kappa shape index (κ1) is 17.6. The van der Waals surface area contributed by atoms with Gasteiger partial charge in [0.2, 0.25) is 0 Å². The first-order chi connectivity index (χ1) is 12.3. The van der Waals surface area contributed by atoms with Gasteiger partial charge in [0.25, 0.3) is 15.9 Å². The molecule has 9 heteroatoms. The lowest BCUT2D eigenvalue weighted by atomic mass is 10.2. The number of rotatable bonds is 5. The van der Waals surface area contributed by atoms with Crippen molar-refractivity contribution in [2.24, 2.45) is 0 Å². The highest BCUT2D eigenvalue weighted by molar-refractivity contribution is 7.92. The number of benzene rings is 2. The number of nitrogens with zero attached hydrogens (tertiary/aromatic N) is 1. The molecule has 1 aromatic heterocycles. The van der Waals surface area contributed by atoms with Crippen molar-refractivity contribution in [3.63, 3.8) is 0 Å². The van der Waals surface area contributed by atoms with E-state index in [1.807, 2.05) is 0 Å². The van der Waals surface area contributed by atoms with Crippen LogP contribution < -0.4 is 10.0 Å². The lowest BCUT2D eigenvalue weighted by molar-refractivity contribution is 0.102. The zero-order chi connectivity index (χ0) is 18.7. The zero-order valence-corrected chi connectivity index (χ0v) is 14.5. The van der Waals surface area contributed by atoms with Crippen LogP contribution in [-0.4, -0.2) is 24.5 Å². The molecule has 3 rings (SSSR count). The number of aryl methyl sites for hydroxylation is 1. The maximum absolute atomic E-state index is 13.3. The second-order valence-electron chi connectivity index (χ2n) is 5.52. The second kappa shape index (κ2) is 6.96. The molecule has 0 unspecified atom stereocenters. The minimum Gasteiger partial charge on any atom is -0.307 e. The summed E-state index contributed by atoms with van der Waals surface area (Å²) in [6.07, 6.45) is 1.50. The Labute approximate surface area is 149 Å². The van der Waals surface area contributed by atoms with E-state index in [9.17, 15) is 17.6 Å². The Morgan fingerprint density at radius 1 is 1.12 bits per heavy atom. The van der Waals surface area contributed by atoms with Crippen LogP contribution in [0, 0.1) is 12.7 Å². The molecule has 134 valence electrons. The zero-order valence-electron chi connectivity index (χ0n) is 13.7. The van der Waals surface area contributed by atoms with E-state index in [1.54, 1.807) is 6.07 Å². The van der Waals surface area contributed by atoms with Crippen molar-refractivity contribution in [3.8, 4) is 0 Å². The minimum atomic E-state index is -3.86. The van der Waals surface area contributed by atoms with Crippen LogP contribution in [-0.2, 0) is 10.0 Å². The number of carbonyl (C=O) groups excluding carboxylic acids is 1. The van der Waals surface area contributed by atoms with Gasteiger partial charge in [-0.25, -0.2) is 12.8 Å². The summed E-state index contributed by atoms with van der Waals surface area (Å²) in [6.45, 7) is 1.49. The van der Waals surface area contributed by atoms with Gasteiger partial charge in [-0.15, -0.1) is 0 Å². The predicted octanol–water partition coefficient (Wildman–Crippen LogP) is 2.91. The van der Waals surface area contributed by atoms with Gasteiger partial charge in [-0.2, -0.15) is 5.10 Å². The number of hydrogen-bond donors (Lipinski definition) is 3. The second-order valence-corrected chi connectivity index (χ2v) is 7.20. The number of nitrogens with one attached hydrogen (secondary N) is 3. The lowest BCUT2D eigenvalue weighted by Crippen LogP contribution is -2.14. The Hall–Kier alpha value is -3.20. The van der Waals surface area contributed by atoms with E-state index < -0.39 is 15.8 Å². The molecule has 3 N–H and O–H groups in total. The van der Waals surface area contributed by atoms with E-state index in [0.717, 1.165) is 6.07 Å². The van der Waals surface area contributed by atoms with Crippen LogP contribution in [0.1, 0.15) is 15.9 Å². The number of aromatic amines is 1. The molecule has 0 spiro atoms. The van der Waals surface area contributed by atoms with Crippen LogP contribution in [0.2, 0.25) is 0 Å². The van der Waals surface area contributed by atoms with Crippen LogP contribution >= 0.6 is 0 Å². The summed E-state index contributed by atoms with van der Waals surface area (Å²) in [5, 5.41) is 8.94. The number of aromatic nitrogens is 2. The molecule has 0 aliphatic rings. The van der Waals surface area contributed by atoms with E-state index in [2.05, 4.69) is 20.2 Å². The van der Waals surface area contributed by atoms with Crippen molar-refractivity contribution >= 4 is 27.4 Å². The topological polar surface area (TPSA) is 104 Å². The van der Waals surface area contributed by atoms with Crippen molar-refractivity contribution in [2.45, 2.75) is 11.8 Å². The summed E-state index contributed by atoms with van der Waals surface area (Å²) >= 11 is 0. The summed E-state index contributed by atoms with van der Waals surface area (Å²) in [6, 6.07) is 11.1. The molecule has 0 atom stereocenters. The Morgan fingerprint density at radius 3 is 2.46 bits per heavy atom. The lowest BCUT2D eigenvalue weighted by Gasteiger charge is -2.10. The molecule has 0 radical (unpaired) electrons. The third kappa shape index (κ3) is 3.89. The molecule has 0 saturated heterocycles. The van der Waals surface area contributed by atoms with Crippen LogP contribution in [0.15, 0.2) is 59.6 Å². The molecule has 1 heterocycles. The highest BCUT2D eigenvalue weighted by Gasteiger charge is 2.16. The minimum absolute atomic E-state index is 0.0440. The summed E-state index contributed by atoms with van der Waals surface area (Å²) in [5.74, 6) is -0.388. The van der Waals surface area contributed by atoms with Crippen molar-refractivity contribution in [2.75, 3.05) is 10.0 Å². The van der Waals surface area contributed by atoms with Crippen molar-refractivity contribution in [1.29, 1.82) is 0 Å². The van der Waals surface area contributed by atoms with Crippen LogP contribution in [0.3, 0.4) is 0 Å². The van der Waals surface area contributed by atoms with Gasteiger partial charge in [0.05, 0.1) is 11.1 Å². The molecule has 0 fully saturated rings. The van der Waals surface area contributed by atoms with Gasteiger partial charge in [0.1, 0.15) is 11.6 Å². The molecular formula is C17H15FN4O3S. The Kier molecular flexibility index (Phi) is 4.72. The van der Waals surface area contributed by atoms with Crippen LogP contribution in [0.4, 0.5) is 15.9 Å². The first-order valence-electron chi connectivity index (χ1n) is 7.55. The number of carbonyl (C=O) groups is 1. The summed E-state index contributed by atoms with van der Waals surface area (Å²) < 4.78 is 40.4. The monoisotopic (exact) mass is 374 g/mol. The normalized spacial score (nSPS) is 11.2. The molecule has 0 aliphatic carbocycles. The molecule has 1 amide bonds. The van der Waals surface area contributed by atoms with Crippen molar-refractivity contribution < 1.29 is 17.6 Å². The first-order valence-corrected chi connectivity index (χ1v) is 9.03. The molecule has 0 saturated carbocycles. The smallest absolute Gasteiger partial charge is 0.261 e. The number of sulfonamides is 1. The van der Waals surface area contributed by atoms with E-state index in [0.29, 0.717) is 11.4 Å². The molecular weight excluding hydrogens is 359 g/mol. The third-order valence-corrected chi connectivity index (χ3v) is 4.97. The largest absolute Gasteiger partial charge is 0.307 e. The van der Waals surface area contributed by atoms with Crippen LogP contribution in [0.25, 0.3) is 0 Å². The Morgan fingerprint density at radius 2 is 1.85 bits per heavy atom. The summed E-state index contributed by atoms with van der Waals surface area (Å²) in [7, 11) is -3.86. The van der Waals surface area contributed by atoms with Gasteiger partial charge >= 0.3 is 0 Å². The number of halogens is 1. The van der Waals surface area contributed by atoms with Crippen LogP contribution in [0.5, 0.6) is 0 Å². The molecule has 0 aliphatic heterocycles. The molecule has 3 aromatic rings. The molecule has 0 bridgehead atoms. The highest BCUT2D eigenvalue weighted by Crippen LogP contribution is 2.19. The van der Waals surface area contributed by atoms with E-state index >= 15 is 0 Å². The van der Waals surface area contributed by atoms with Gasteiger partial charge in [0.15, 0.2) is 0 Å². The highest BCUT2D eigenvalue weighted by atomic mass is 32.2. The van der Waals surface area contributed by atoms with E-state index in [4.69, 9.17) is 0 Å². The molecule has 2 aromatic carbocycles. The average molecular weight is 374 g/mol. The third-order valence-electron chi connectivity index (χ3n) is 3.59. The maximum atomic E-state index is 13.3. The van der Waals surface area contributed by atoms with Crippen molar-refractivity contribution in [3.05, 3.63) is 71.7 Å². The fourth-order valence-electron chi connectivity index (χ4n) is 2.21. The van der Waals surface area contributed by atoms with E-state index in [-0.39, 0.29) is 22.1 Å². The van der Waals surface area contributed by atoms with Gasteiger partial charge < -0.3 is 5.32 Å². The number of amides is 1. The van der Waals surface area contributed by atoms with Gasteiger partial charge in [-0.3, -0.25) is 14.6 Å². The average Bonchev–Trinajstić information content (AvgIpc) is 3.10.